The van der Waals surface area contributed by atoms with Crippen LogP contribution < -0.4 is 26.5 Å². The van der Waals surface area contributed by atoms with Crippen molar-refractivity contribution < 1.29 is 0 Å². The number of aliphatic imine (C=N–C) groups is 1. The van der Waals surface area contributed by atoms with Gasteiger partial charge in [-0.05, 0) is 180 Å². The van der Waals surface area contributed by atoms with Crippen molar-refractivity contribution in [3.05, 3.63) is 212 Å². The highest BCUT2D eigenvalue weighted by Crippen LogP contribution is 2.64. The molecule has 0 unspecified atom stereocenters. The fourth-order valence-corrected chi connectivity index (χ4v) is 11.6. The number of hydrogen-bond acceptors (Lipinski definition) is 5. The number of allylic oxidation sites excluding steroid dienone is 1. The lowest BCUT2D eigenvalue weighted by Crippen LogP contribution is -2.29. The van der Waals surface area contributed by atoms with Crippen LogP contribution in [-0.4, -0.2) is 23.2 Å². The molecule has 4 N–H and O–H groups in total. The summed E-state index contributed by atoms with van der Waals surface area (Å²) in [7, 11) is 0. The van der Waals surface area contributed by atoms with Crippen LogP contribution >= 0.6 is 0 Å². The molecule has 69 heavy (non-hydrogen) atoms. The Kier molecular flexibility index (Phi) is 9.79. The van der Waals surface area contributed by atoms with E-state index in [-0.39, 0.29) is 10.8 Å². The number of nitrogens with one attached hydrogen (secondary N) is 2. The Morgan fingerprint density at radius 2 is 1.14 bits per heavy atom. The zero-order valence-electron chi connectivity index (χ0n) is 41.3. The predicted octanol–water partition coefficient (Wildman–Crippen LogP) is 12.5. The second kappa shape index (κ2) is 15.4. The number of hydrogen-bond donors (Lipinski definition) is 3. The van der Waals surface area contributed by atoms with Crippen LogP contribution in [0.25, 0.3) is 63.0 Å². The Balaban J connectivity index is 1.14. The van der Waals surface area contributed by atoms with Gasteiger partial charge < -0.3 is 25.9 Å². The molecule has 0 radical (unpaired) electrons. The Bertz CT molecular complexity index is 3570. The molecule has 0 bridgehead atoms. The highest BCUT2D eigenvalue weighted by atomic mass is 15.2. The molecule has 1 aromatic heterocycles. The summed E-state index contributed by atoms with van der Waals surface area (Å²) < 4.78 is 2.05. The molecule has 6 aromatic carbocycles. The second-order valence-corrected chi connectivity index (χ2v) is 21.4. The van der Waals surface area contributed by atoms with Crippen molar-refractivity contribution in [1.29, 1.82) is 5.41 Å². The number of benzene rings is 6. The third kappa shape index (κ3) is 6.45. The average Bonchev–Trinajstić information content (AvgIpc) is 4.01. The maximum Gasteiger partial charge on any atom is 0.149 e. The van der Waals surface area contributed by atoms with Crippen LogP contribution in [0.4, 0.5) is 5.69 Å². The van der Waals surface area contributed by atoms with Crippen LogP contribution in [0.5, 0.6) is 0 Å². The van der Waals surface area contributed by atoms with Gasteiger partial charge in [-0.3, -0.25) is 4.99 Å². The normalized spacial score (nSPS) is 15.6. The summed E-state index contributed by atoms with van der Waals surface area (Å²) in [6.07, 6.45) is 9.08. The number of fused-ring (bicyclic) bond motifs is 11. The molecule has 342 valence electrons. The van der Waals surface area contributed by atoms with Gasteiger partial charge in [0.2, 0.25) is 0 Å². The molecule has 0 saturated carbocycles. The molecule has 6 heteroatoms. The van der Waals surface area contributed by atoms with E-state index < -0.39 is 5.41 Å². The lowest BCUT2D eigenvalue weighted by Gasteiger charge is -2.33. The smallest absolute Gasteiger partial charge is 0.149 e. The van der Waals surface area contributed by atoms with E-state index in [1.165, 1.54) is 78.5 Å². The summed E-state index contributed by atoms with van der Waals surface area (Å²) in [6, 6.07) is 42.3. The maximum atomic E-state index is 8.31. The Hall–Kier alpha value is -7.70. The van der Waals surface area contributed by atoms with E-state index in [2.05, 4.69) is 194 Å². The van der Waals surface area contributed by atoms with Gasteiger partial charge in [0.25, 0.3) is 0 Å². The molecule has 0 amide bonds. The molecule has 2 aliphatic heterocycles. The molecule has 4 aliphatic rings. The topological polar surface area (TPSA) is 82.4 Å². The van der Waals surface area contributed by atoms with Crippen molar-refractivity contribution in [2.75, 3.05) is 11.4 Å². The minimum atomic E-state index is -0.600. The minimum Gasteiger partial charge on any atom is -0.403 e. The van der Waals surface area contributed by atoms with E-state index in [0.29, 0.717) is 6.54 Å². The molecule has 0 atom stereocenters. The van der Waals surface area contributed by atoms with E-state index in [0.717, 1.165) is 67.1 Å². The minimum absolute atomic E-state index is 0.0646. The van der Waals surface area contributed by atoms with E-state index in [1.807, 2.05) is 23.8 Å². The first-order chi connectivity index (χ1) is 32.9. The standard InChI is InChI=1S/C63H60N6/c1-36-28-45(68-38(3)24-26-66-60-57(68)25-27-67-60)16-22-47(36)41-12-18-49-50-19-13-42(48-23-17-46(29-37(48)2)69-58(34-64)39(4)40(5)59(69)35-65)31-54(50)63(53(49)30-41)55-32-43(61(6,7)8)14-20-51(55)52-21-15-44(33-56(52)63)62(9,10)11/h12-26,28-35,65H,3-4,27,64H2,1-2,5-11H3,(H,66,67)/b58-34+,65-35?. The Labute approximate surface area is 406 Å². The van der Waals surface area contributed by atoms with E-state index in [4.69, 9.17) is 16.1 Å². The summed E-state index contributed by atoms with van der Waals surface area (Å²) in [4.78, 5) is 6.90. The molecule has 11 rings (SSSR count). The van der Waals surface area contributed by atoms with Gasteiger partial charge in [0.15, 0.2) is 0 Å². The van der Waals surface area contributed by atoms with Crippen molar-refractivity contribution >= 4 is 30.5 Å². The largest absolute Gasteiger partial charge is 0.403 e. The van der Waals surface area contributed by atoms with Gasteiger partial charge >= 0.3 is 0 Å². The van der Waals surface area contributed by atoms with Crippen molar-refractivity contribution in [3.63, 3.8) is 0 Å². The number of anilines is 1. The van der Waals surface area contributed by atoms with Crippen LogP contribution in [-0.2, 0) is 16.2 Å². The van der Waals surface area contributed by atoms with E-state index in [9.17, 15) is 0 Å². The van der Waals surface area contributed by atoms with E-state index in [1.54, 1.807) is 6.20 Å². The number of aromatic nitrogens is 1. The highest BCUT2D eigenvalue weighted by Gasteiger charge is 2.52. The monoisotopic (exact) mass is 900 g/mol. The van der Waals surface area contributed by atoms with Gasteiger partial charge in [-0.2, -0.15) is 0 Å². The predicted molar refractivity (Wildman–Crippen MR) is 290 cm³/mol. The van der Waals surface area contributed by atoms with Crippen molar-refractivity contribution in [1.82, 2.24) is 9.88 Å². The molecule has 1 spiro atoms. The average molecular weight is 901 g/mol. The number of nitrogens with two attached hydrogens (primary N) is 1. The Morgan fingerprint density at radius 1 is 0.652 bits per heavy atom. The van der Waals surface area contributed by atoms with Crippen molar-refractivity contribution in [2.45, 2.75) is 78.6 Å². The number of nitrogens with zero attached hydrogens (tertiary/aromatic N) is 3. The summed E-state index contributed by atoms with van der Waals surface area (Å²) in [5, 5.41) is 13.3. The fraction of sp³-hybridized carbons (Fsp3) is 0.206. The molecular weight excluding hydrogens is 841 g/mol. The zero-order chi connectivity index (χ0) is 48.5. The van der Waals surface area contributed by atoms with Crippen LogP contribution in [0.15, 0.2) is 151 Å². The number of aryl methyl sites for hydroxylation is 2. The van der Waals surface area contributed by atoms with Gasteiger partial charge in [0.05, 0.1) is 28.7 Å². The van der Waals surface area contributed by atoms with Gasteiger partial charge in [0, 0.05) is 35.7 Å². The van der Waals surface area contributed by atoms with Gasteiger partial charge in [-0.1, -0.05) is 127 Å². The summed E-state index contributed by atoms with van der Waals surface area (Å²) in [5.74, 6) is 0.865. The highest BCUT2D eigenvalue weighted by molar-refractivity contribution is 6.05. The summed E-state index contributed by atoms with van der Waals surface area (Å²) >= 11 is 0. The van der Waals surface area contributed by atoms with Crippen LogP contribution in [0.1, 0.15) is 97.3 Å². The molecule has 0 fully saturated rings. The lowest BCUT2D eigenvalue weighted by atomic mass is 9.68. The zero-order valence-corrected chi connectivity index (χ0v) is 41.3. The summed E-state index contributed by atoms with van der Waals surface area (Å²) in [6.45, 7) is 29.7. The molecule has 0 saturated heterocycles. The van der Waals surface area contributed by atoms with Crippen LogP contribution in [0, 0.1) is 26.2 Å². The first-order valence-electron chi connectivity index (χ1n) is 24.1. The third-order valence-electron chi connectivity index (χ3n) is 15.3. The Morgan fingerprint density at radius 3 is 1.65 bits per heavy atom. The first-order valence-corrected chi connectivity index (χ1v) is 24.1. The number of rotatable bonds is 5. The van der Waals surface area contributed by atoms with Crippen LogP contribution in [0.2, 0.25) is 0 Å². The van der Waals surface area contributed by atoms with Crippen LogP contribution in [0.3, 0.4) is 0 Å². The molecule has 2 aliphatic carbocycles. The number of amidine groups is 1. The lowest BCUT2D eigenvalue weighted by molar-refractivity contribution is 0.586. The van der Waals surface area contributed by atoms with Gasteiger partial charge in [0.1, 0.15) is 5.84 Å². The molecular formula is C63H60N6. The second-order valence-electron chi connectivity index (χ2n) is 21.4. The van der Waals surface area contributed by atoms with Crippen molar-refractivity contribution in [2.24, 2.45) is 10.7 Å². The van der Waals surface area contributed by atoms with Crippen molar-refractivity contribution in [3.8, 4) is 50.2 Å². The van der Waals surface area contributed by atoms with Gasteiger partial charge in [-0.15, -0.1) is 0 Å². The van der Waals surface area contributed by atoms with Gasteiger partial charge in [-0.25, -0.2) is 0 Å². The first kappa shape index (κ1) is 43.8. The maximum absolute atomic E-state index is 8.31. The molecule has 6 nitrogen and oxygen atoms in total. The molecule has 3 heterocycles. The third-order valence-corrected chi connectivity index (χ3v) is 15.3. The fourth-order valence-electron chi connectivity index (χ4n) is 11.6. The SMILES string of the molecule is C=C1C=CNC2=NCC=C2N1c1ccc(-c2ccc3c(c2)C2(c4cc(-c5ccc(-n6c(C=N)c(C)c(=C)/c6=C\N)cc5C)ccc4-3)c3cc(C(C)(C)C)ccc3-c3ccc(C(C)(C)C)cc32)c(C)c1. The molecule has 7 aromatic rings. The van der Waals surface area contributed by atoms with E-state index >= 15 is 0 Å². The summed E-state index contributed by atoms with van der Waals surface area (Å²) in [5.41, 5.74) is 31.2. The quantitative estimate of drug-likeness (QED) is 0.151.